The molecule has 0 aromatic heterocycles. The van der Waals surface area contributed by atoms with Crippen molar-refractivity contribution in [3.05, 3.63) is 52.7 Å². The third kappa shape index (κ3) is 1.87. The largest absolute Gasteiger partial charge is 0.465 e. The van der Waals surface area contributed by atoms with Crippen LogP contribution in [-0.4, -0.2) is 29.3 Å². The Labute approximate surface area is 104 Å². The molecule has 0 unspecified atom stereocenters. The Morgan fingerprint density at radius 1 is 1.33 bits per heavy atom. The normalized spacial score (nSPS) is 14.3. The molecule has 5 heteroatoms. The lowest BCUT2D eigenvalue weighted by Crippen LogP contribution is -2.21. The highest BCUT2D eigenvalue weighted by molar-refractivity contribution is 6.57. The smallest absolute Gasteiger partial charge is 0.357 e. The summed E-state index contributed by atoms with van der Waals surface area (Å²) in [4.78, 5) is 19.1. The van der Waals surface area contributed by atoms with Gasteiger partial charge in [0.2, 0.25) is 0 Å². The summed E-state index contributed by atoms with van der Waals surface area (Å²) in [5.74, 6) is -0.560. The minimum Gasteiger partial charge on any atom is -0.465 e. The summed E-state index contributed by atoms with van der Waals surface area (Å²) in [6.45, 7) is 1.67. The lowest BCUT2D eigenvalue weighted by Gasteiger charge is -1.98. The van der Waals surface area contributed by atoms with Crippen LogP contribution in [0.1, 0.15) is 12.5 Å². The summed E-state index contributed by atoms with van der Waals surface area (Å²) in [5, 5.41) is 0. The van der Waals surface area contributed by atoms with E-state index in [1.807, 2.05) is 30.3 Å². The first-order valence-electron chi connectivity index (χ1n) is 5.35. The predicted octanol–water partition coefficient (Wildman–Crippen LogP) is 1.61. The first-order valence-corrected chi connectivity index (χ1v) is 5.35. The number of aliphatic imine (C=N–C) groups is 1. The van der Waals surface area contributed by atoms with Gasteiger partial charge in [0.25, 0.3) is 0 Å². The number of hydrogen-bond acceptors (Lipinski definition) is 3. The SMILES string of the molecule is COC(=O)C1=C(C)N=C(c2ccccc2)C1=[N+]=[N-]. The summed E-state index contributed by atoms with van der Waals surface area (Å²) in [5.41, 5.74) is 11.2. The van der Waals surface area contributed by atoms with Crippen molar-refractivity contribution < 1.29 is 14.3 Å². The Morgan fingerprint density at radius 3 is 2.56 bits per heavy atom. The number of ether oxygens (including phenoxy) is 1. The highest BCUT2D eigenvalue weighted by Gasteiger charge is 2.37. The molecule has 1 aromatic rings. The second-order valence-electron chi connectivity index (χ2n) is 3.73. The van der Waals surface area contributed by atoms with E-state index in [0.29, 0.717) is 11.4 Å². The van der Waals surface area contributed by atoms with Gasteiger partial charge >= 0.3 is 11.7 Å². The van der Waals surface area contributed by atoms with Crippen LogP contribution in [0.15, 0.2) is 46.6 Å². The molecule has 0 N–H and O–H groups in total. The van der Waals surface area contributed by atoms with Crippen LogP contribution in [0.25, 0.3) is 5.53 Å². The number of rotatable bonds is 2. The number of esters is 1. The second-order valence-corrected chi connectivity index (χ2v) is 3.73. The molecule has 0 bridgehead atoms. The Balaban J connectivity index is 2.49. The van der Waals surface area contributed by atoms with Gasteiger partial charge in [0.1, 0.15) is 0 Å². The number of nitrogens with zero attached hydrogens (tertiary/aromatic N) is 3. The molecule has 0 aliphatic carbocycles. The van der Waals surface area contributed by atoms with Gasteiger partial charge in [0.15, 0.2) is 11.3 Å². The summed E-state index contributed by atoms with van der Waals surface area (Å²) in [7, 11) is 1.28. The molecular weight excluding hydrogens is 230 g/mol. The third-order valence-corrected chi connectivity index (χ3v) is 2.64. The molecule has 18 heavy (non-hydrogen) atoms. The maximum Gasteiger partial charge on any atom is 0.357 e. The van der Waals surface area contributed by atoms with Crippen molar-refractivity contribution in [2.75, 3.05) is 7.11 Å². The third-order valence-electron chi connectivity index (χ3n) is 2.64. The molecule has 0 saturated heterocycles. The first kappa shape index (κ1) is 12.0. The van der Waals surface area contributed by atoms with Gasteiger partial charge in [-0.1, -0.05) is 30.3 Å². The fourth-order valence-electron chi connectivity index (χ4n) is 1.81. The number of allylic oxidation sites excluding steroid dienone is 1. The van der Waals surface area contributed by atoms with Crippen molar-refractivity contribution in [1.29, 1.82) is 0 Å². The van der Waals surface area contributed by atoms with E-state index < -0.39 is 5.97 Å². The van der Waals surface area contributed by atoms with Crippen LogP contribution in [0.4, 0.5) is 0 Å². The molecule has 0 atom stereocenters. The van der Waals surface area contributed by atoms with Gasteiger partial charge < -0.3 is 10.3 Å². The van der Waals surface area contributed by atoms with Gasteiger partial charge in [-0.15, -0.1) is 0 Å². The number of benzene rings is 1. The zero-order valence-electron chi connectivity index (χ0n) is 10.0. The lowest BCUT2D eigenvalue weighted by atomic mass is 10.0. The summed E-state index contributed by atoms with van der Waals surface area (Å²) in [6.07, 6.45) is 0. The number of carbonyl (C=O) groups is 1. The molecule has 0 amide bonds. The molecule has 0 fully saturated rings. The second kappa shape index (κ2) is 4.77. The van der Waals surface area contributed by atoms with E-state index in [2.05, 4.69) is 14.5 Å². The zero-order valence-corrected chi connectivity index (χ0v) is 10.0. The van der Waals surface area contributed by atoms with Crippen molar-refractivity contribution in [2.45, 2.75) is 6.92 Å². The Hall–Kier alpha value is -2.52. The van der Waals surface area contributed by atoms with Crippen molar-refractivity contribution >= 4 is 17.4 Å². The Morgan fingerprint density at radius 2 is 2.00 bits per heavy atom. The zero-order chi connectivity index (χ0) is 13.1. The summed E-state index contributed by atoms with van der Waals surface area (Å²) < 4.78 is 4.66. The van der Waals surface area contributed by atoms with Gasteiger partial charge in [0, 0.05) is 5.56 Å². The topological polar surface area (TPSA) is 75.1 Å². The Bertz CT molecular complexity index is 608. The highest BCUT2D eigenvalue weighted by atomic mass is 16.5. The minimum absolute atomic E-state index is 0.144. The van der Waals surface area contributed by atoms with Gasteiger partial charge in [-0.3, -0.25) is 0 Å². The van der Waals surface area contributed by atoms with Crippen molar-refractivity contribution in [3.63, 3.8) is 0 Å². The summed E-state index contributed by atoms with van der Waals surface area (Å²) in [6, 6.07) is 9.22. The summed E-state index contributed by atoms with van der Waals surface area (Å²) >= 11 is 0. The van der Waals surface area contributed by atoms with E-state index in [9.17, 15) is 4.79 Å². The average Bonchev–Trinajstić information content (AvgIpc) is 2.75. The van der Waals surface area contributed by atoms with E-state index in [0.717, 1.165) is 5.56 Å². The fraction of sp³-hybridized carbons (Fsp3) is 0.154. The lowest BCUT2D eigenvalue weighted by molar-refractivity contribution is -0.135. The van der Waals surface area contributed by atoms with E-state index in [1.165, 1.54) is 7.11 Å². The van der Waals surface area contributed by atoms with E-state index >= 15 is 0 Å². The van der Waals surface area contributed by atoms with Crippen molar-refractivity contribution in [3.8, 4) is 0 Å². The van der Waals surface area contributed by atoms with Crippen LogP contribution in [0.2, 0.25) is 0 Å². The van der Waals surface area contributed by atoms with Crippen LogP contribution >= 0.6 is 0 Å². The molecule has 1 heterocycles. The fourth-order valence-corrected chi connectivity index (χ4v) is 1.81. The van der Waals surface area contributed by atoms with Crippen molar-refractivity contribution in [1.82, 2.24) is 0 Å². The molecule has 0 spiro atoms. The number of methoxy groups -OCH3 is 1. The van der Waals surface area contributed by atoms with Gasteiger partial charge in [0.05, 0.1) is 12.8 Å². The quantitative estimate of drug-likeness (QED) is 0.448. The molecule has 5 nitrogen and oxygen atoms in total. The van der Waals surface area contributed by atoms with Crippen LogP contribution in [0, 0.1) is 0 Å². The standard InChI is InChI=1S/C13H11N3O2/c1-8-10(13(17)18-2)12(16-14)11(15-8)9-6-4-3-5-7-9/h3-7H,1-2H3. The Kier molecular flexibility index (Phi) is 3.17. The van der Waals surface area contributed by atoms with Crippen LogP contribution in [0.5, 0.6) is 0 Å². The number of hydrogen-bond donors (Lipinski definition) is 0. The van der Waals surface area contributed by atoms with E-state index in [4.69, 9.17) is 5.53 Å². The molecular formula is C13H11N3O2. The van der Waals surface area contributed by atoms with Crippen LogP contribution < -0.4 is 0 Å². The first-order chi connectivity index (χ1) is 8.69. The predicted molar refractivity (Wildman–Crippen MR) is 66.3 cm³/mol. The molecule has 0 saturated carbocycles. The van der Waals surface area contributed by atoms with E-state index in [1.54, 1.807) is 6.92 Å². The maximum atomic E-state index is 11.6. The molecule has 1 aliphatic rings. The molecule has 90 valence electrons. The monoisotopic (exact) mass is 241 g/mol. The van der Waals surface area contributed by atoms with Gasteiger partial charge in [-0.05, 0) is 6.92 Å². The number of carbonyl (C=O) groups excluding carboxylic acids is 1. The molecule has 1 aromatic carbocycles. The molecule has 1 aliphatic heterocycles. The molecule has 2 rings (SSSR count). The minimum atomic E-state index is -0.560. The van der Waals surface area contributed by atoms with Crippen LogP contribution in [0.3, 0.4) is 0 Å². The molecule has 0 radical (unpaired) electrons. The van der Waals surface area contributed by atoms with Gasteiger partial charge in [-0.25, -0.2) is 9.79 Å². The van der Waals surface area contributed by atoms with Gasteiger partial charge in [-0.2, -0.15) is 4.79 Å². The van der Waals surface area contributed by atoms with Crippen LogP contribution in [-0.2, 0) is 9.53 Å². The van der Waals surface area contributed by atoms with Crippen molar-refractivity contribution in [2.24, 2.45) is 4.99 Å². The highest BCUT2D eigenvalue weighted by Crippen LogP contribution is 2.21. The maximum absolute atomic E-state index is 11.6. The average molecular weight is 241 g/mol. The van der Waals surface area contributed by atoms with E-state index in [-0.39, 0.29) is 11.3 Å².